The molecule has 2 heterocycles. The maximum Gasteiger partial charge on any atom is 0.374 e. The number of esters is 1. The molecule has 1 saturated heterocycles. The number of nitrogens with one attached hydrogen (secondary N) is 1. The Kier molecular flexibility index (Phi) is 8.02. The summed E-state index contributed by atoms with van der Waals surface area (Å²) in [6, 6.07) is 16.3. The Morgan fingerprint density at radius 3 is 2.49 bits per heavy atom. The van der Waals surface area contributed by atoms with Gasteiger partial charge in [0.15, 0.2) is 0 Å². The number of carbonyl (C=O) groups excluding carboxylic acids is 3. The number of anilines is 1. The van der Waals surface area contributed by atoms with Crippen molar-refractivity contribution in [3.05, 3.63) is 65.9 Å². The zero-order valence-corrected chi connectivity index (χ0v) is 22.6. The summed E-state index contributed by atoms with van der Waals surface area (Å²) in [6.45, 7) is 4.58. The molecule has 206 valence electrons. The molecule has 1 aliphatic heterocycles. The van der Waals surface area contributed by atoms with Crippen LogP contribution < -0.4 is 11.1 Å². The van der Waals surface area contributed by atoms with Gasteiger partial charge in [0.2, 0.25) is 17.6 Å². The third kappa shape index (κ3) is 5.71. The van der Waals surface area contributed by atoms with E-state index in [0.29, 0.717) is 29.1 Å². The fourth-order valence-electron chi connectivity index (χ4n) is 6.18. The number of likely N-dealkylation sites (tertiary alicyclic amines) is 1. The molecule has 3 aromatic rings. The second-order valence-electron chi connectivity index (χ2n) is 10.8. The normalized spacial score (nSPS) is 23.9. The first-order chi connectivity index (χ1) is 18.9. The number of amides is 2. The van der Waals surface area contributed by atoms with Gasteiger partial charge in [-0.2, -0.15) is 0 Å². The lowest BCUT2D eigenvalue weighted by Crippen LogP contribution is -2.48. The van der Waals surface area contributed by atoms with E-state index in [1.54, 1.807) is 36.1 Å². The Morgan fingerprint density at radius 1 is 1.05 bits per heavy atom. The third-order valence-corrected chi connectivity index (χ3v) is 8.30. The smallest absolute Gasteiger partial charge is 0.374 e. The molecule has 39 heavy (non-hydrogen) atoms. The van der Waals surface area contributed by atoms with Crippen LogP contribution in [0.4, 0.5) is 5.69 Å². The van der Waals surface area contributed by atoms with E-state index in [1.165, 1.54) is 0 Å². The van der Waals surface area contributed by atoms with E-state index >= 15 is 0 Å². The third-order valence-electron chi connectivity index (χ3n) is 8.30. The van der Waals surface area contributed by atoms with Gasteiger partial charge in [0, 0.05) is 35.5 Å². The first-order valence-electron chi connectivity index (χ1n) is 14.0. The van der Waals surface area contributed by atoms with Crippen LogP contribution in [0, 0.1) is 11.8 Å². The predicted molar refractivity (Wildman–Crippen MR) is 149 cm³/mol. The molecule has 2 amide bonds. The van der Waals surface area contributed by atoms with E-state index in [1.807, 2.05) is 37.3 Å². The van der Waals surface area contributed by atoms with Crippen molar-refractivity contribution in [2.75, 3.05) is 18.5 Å². The van der Waals surface area contributed by atoms with Crippen LogP contribution in [0.3, 0.4) is 0 Å². The molecular weight excluding hydrogens is 494 g/mol. The Hall–Kier alpha value is -3.65. The van der Waals surface area contributed by atoms with Crippen molar-refractivity contribution in [3.63, 3.8) is 0 Å². The Bertz CT molecular complexity index is 1330. The minimum Gasteiger partial charge on any atom is -0.460 e. The zero-order chi connectivity index (χ0) is 27.5. The van der Waals surface area contributed by atoms with Crippen LogP contribution in [-0.2, 0) is 14.3 Å². The average Bonchev–Trinajstić information content (AvgIpc) is 3.58. The maximum absolute atomic E-state index is 13.9. The number of ether oxygens (including phenoxy) is 1. The molecule has 5 rings (SSSR count). The number of hydrogen-bond donors (Lipinski definition) is 2. The average molecular weight is 532 g/mol. The molecule has 0 radical (unpaired) electrons. The molecule has 2 fully saturated rings. The van der Waals surface area contributed by atoms with Gasteiger partial charge in [0.1, 0.15) is 11.6 Å². The molecule has 1 aliphatic carbocycles. The molecule has 8 heteroatoms. The van der Waals surface area contributed by atoms with Crippen molar-refractivity contribution < 1.29 is 23.5 Å². The largest absolute Gasteiger partial charge is 0.460 e. The Morgan fingerprint density at radius 2 is 1.79 bits per heavy atom. The van der Waals surface area contributed by atoms with Gasteiger partial charge in [0.05, 0.1) is 6.61 Å². The summed E-state index contributed by atoms with van der Waals surface area (Å²) >= 11 is 0. The highest BCUT2D eigenvalue weighted by Crippen LogP contribution is 2.38. The number of hydrogen-bond acceptors (Lipinski definition) is 6. The van der Waals surface area contributed by atoms with E-state index in [0.717, 1.165) is 37.7 Å². The topological polar surface area (TPSA) is 115 Å². The van der Waals surface area contributed by atoms with Crippen LogP contribution in [0.25, 0.3) is 11.0 Å². The number of rotatable bonds is 7. The summed E-state index contributed by atoms with van der Waals surface area (Å²) in [4.78, 5) is 41.5. The van der Waals surface area contributed by atoms with Crippen molar-refractivity contribution in [2.24, 2.45) is 17.6 Å². The highest BCUT2D eigenvalue weighted by molar-refractivity contribution is 6.00. The van der Waals surface area contributed by atoms with Gasteiger partial charge in [-0.3, -0.25) is 9.59 Å². The van der Waals surface area contributed by atoms with Crippen LogP contribution in [0.15, 0.2) is 59.0 Å². The van der Waals surface area contributed by atoms with Crippen LogP contribution in [0.2, 0.25) is 0 Å². The molecule has 3 atom stereocenters. The van der Waals surface area contributed by atoms with Gasteiger partial charge in [-0.05, 0) is 81.7 Å². The summed E-state index contributed by atoms with van der Waals surface area (Å²) in [7, 11) is 0. The number of carbonyl (C=O) groups is 3. The standard InChI is InChI=1S/C31H37N3O5/c1-3-38-31(37)27-18-23-17-24(13-14-26(23)39-27)33-29(35)28-25(21-7-5-4-6-8-21)15-16-34(28)30(36)22-11-9-20(10-12-22)19(2)32/h4-8,13-14,17-20,22,25,28H,3,9-12,15-16,32H2,1-2H3,(H,33,35)/t19?,20-,22-,25-,28+/m1/s1. The van der Waals surface area contributed by atoms with E-state index in [4.69, 9.17) is 14.9 Å². The lowest BCUT2D eigenvalue weighted by molar-refractivity contribution is -0.141. The maximum atomic E-state index is 13.9. The van der Waals surface area contributed by atoms with Crippen LogP contribution in [0.1, 0.15) is 68.0 Å². The number of nitrogens with two attached hydrogens (primary N) is 1. The molecule has 2 aromatic carbocycles. The molecule has 2 aliphatic rings. The molecule has 1 saturated carbocycles. The van der Waals surface area contributed by atoms with E-state index in [-0.39, 0.29) is 42.1 Å². The fourth-order valence-corrected chi connectivity index (χ4v) is 6.18. The number of benzene rings is 2. The van der Waals surface area contributed by atoms with Gasteiger partial charge >= 0.3 is 5.97 Å². The van der Waals surface area contributed by atoms with Crippen molar-refractivity contribution in [3.8, 4) is 0 Å². The summed E-state index contributed by atoms with van der Waals surface area (Å²) in [5.74, 6) is -0.276. The zero-order valence-electron chi connectivity index (χ0n) is 22.6. The van der Waals surface area contributed by atoms with E-state index in [9.17, 15) is 14.4 Å². The number of fused-ring (bicyclic) bond motifs is 1. The van der Waals surface area contributed by atoms with E-state index < -0.39 is 12.0 Å². The van der Waals surface area contributed by atoms with Gasteiger partial charge in [-0.15, -0.1) is 0 Å². The predicted octanol–water partition coefficient (Wildman–Crippen LogP) is 5.09. The summed E-state index contributed by atoms with van der Waals surface area (Å²) in [6.07, 6.45) is 4.24. The first-order valence-corrected chi connectivity index (χ1v) is 14.0. The first kappa shape index (κ1) is 26.9. The van der Waals surface area contributed by atoms with Gasteiger partial charge in [-0.1, -0.05) is 30.3 Å². The molecule has 0 spiro atoms. The molecule has 3 N–H and O–H groups in total. The second kappa shape index (κ2) is 11.6. The highest BCUT2D eigenvalue weighted by atomic mass is 16.5. The molecule has 8 nitrogen and oxygen atoms in total. The molecular formula is C31H37N3O5. The Balaban J connectivity index is 1.37. The van der Waals surface area contributed by atoms with Crippen LogP contribution in [0.5, 0.6) is 0 Å². The SMILES string of the molecule is CCOC(=O)c1cc2cc(NC(=O)[C@@H]3[C@@H](c4ccccc4)CCN3C(=O)[C@H]3CC[C@H](C(C)N)CC3)ccc2o1. The minimum atomic E-state index is -0.610. The highest BCUT2D eigenvalue weighted by Gasteiger charge is 2.44. The summed E-state index contributed by atoms with van der Waals surface area (Å²) in [5.41, 5.74) is 8.27. The lowest BCUT2D eigenvalue weighted by atomic mass is 9.78. The van der Waals surface area contributed by atoms with Crippen LogP contribution in [-0.4, -0.2) is 47.9 Å². The van der Waals surface area contributed by atoms with Crippen molar-refractivity contribution >= 4 is 34.4 Å². The van der Waals surface area contributed by atoms with E-state index in [2.05, 4.69) is 5.32 Å². The molecule has 1 aromatic heterocycles. The quantitative estimate of drug-likeness (QED) is 0.411. The van der Waals surface area contributed by atoms with Gasteiger partial charge in [-0.25, -0.2) is 4.79 Å². The molecule has 0 bridgehead atoms. The summed E-state index contributed by atoms with van der Waals surface area (Å²) < 4.78 is 10.6. The van der Waals surface area contributed by atoms with Gasteiger partial charge < -0.3 is 25.1 Å². The van der Waals surface area contributed by atoms with Crippen molar-refractivity contribution in [2.45, 2.75) is 64.0 Å². The summed E-state index contributed by atoms with van der Waals surface area (Å²) in [5, 5.41) is 3.72. The monoisotopic (exact) mass is 531 g/mol. The minimum absolute atomic E-state index is 0.0704. The van der Waals surface area contributed by atoms with Crippen molar-refractivity contribution in [1.29, 1.82) is 0 Å². The number of furan rings is 1. The second-order valence-corrected chi connectivity index (χ2v) is 10.8. The number of nitrogens with zero attached hydrogens (tertiary/aromatic N) is 1. The van der Waals surface area contributed by atoms with Crippen molar-refractivity contribution in [1.82, 2.24) is 4.90 Å². The Labute approximate surface area is 228 Å². The van der Waals surface area contributed by atoms with Gasteiger partial charge in [0.25, 0.3) is 0 Å². The lowest BCUT2D eigenvalue weighted by Gasteiger charge is -2.34. The fraction of sp³-hybridized carbons (Fsp3) is 0.452. The molecule has 1 unspecified atom stereocenters. The van der Waals surface area contributed by atoms with Crippen LogP contribution >= 0.6 is 0 Å².